The zero-order chi connectivity index (χ0) is 15.2. The maximum atomic E-state index is 12.1. The number of hydrogen-bond donors (Lipinski definition) is 2. The molecule has 2 rings (SSSR count). The number of anilines is 1. The molecule has 0 aliphatic heterocycles. The SMILES string of the molecule is CNN=Cc1ccc(NC(=O)c2cnc(C)cn2)c(C)c1. The van der Waals surface area contributed by atoms with E-state index in [9.17, 15) is 4.79 Å². The third kappa shape index (κ3) is 3.85. The van der Waals surface area contributed by atoms with E-state index in [2.05, 4.69) is 25.8 Å². The zero-order valence-corrected chi connectivity index (χ0v) is 12.2. The summed E-state index contributed by atoms with van der Waals surface area (Å²) in [7, 11) is 1.74. The molecule has 2 aromatic rings. The molecule has 0 aliphatic rings. The summed E-state index contributed by atoms with van der Waals surface area (Å²) in [5.41, 5.74) is 6.40. The molecule has 0 atom stereocenters. The highest BCUT2D eigenvalue weighted by Gasteiger charge is 2.09. The van der Waals surface area contributed by atoms with E-state index in [4.69, 9.17) is 0 Å². The average Bonchev–Trinajstić information content (AvgIpc) is 2.48. The lowest BCUT2D eigenvalue weighted by molar-refractivity contribution is 0.102. The van der Waals surface area contributed by atoms with Gasteiger partial charge in [-0.05, 0) is 37.1 Å². The van der Waals surface area contributed by atoms with Crippen molar-refractivity contribution in [3.05, 3.63) is 53.1 Å². The van der Waals surface area contributed by atoms with E-state index in [1.54, 1.807) is 19.5 Å². The lowest BCUT2D eigenvalue weighted by Crippen LogP contribution is -2.15. The summed E-state index contributed by atoms with van der Waals surface area (Å²) >= 11 is 0. The Morgan fingerprint density at radius 1 is 1.24 bits per heavy atom. The number of benzene rings is 1. The Morgan fingerprint density at radius 3 is 2.67 bits per heavy atom. The molecule has 6 nitrogen and oxygen atoms in total. The Balaban J connectivity index is 2.14. The highest BCUT2D eigenvalue weighted by atomic mass is 16.1. The van der Waals surface area contributed by atoms with Crippen LogP contribution in [0.15, 0.2) is 35.7 Å². The minimum Gasteiger partial charge on any atom is -0.320 e. The van der Waals surface area contributed by atoms with Crippen LogP contribution in [0.5, 0.6) is 0 Å². The van der Waals surface area contributed by atoms with Gasteiger partial charge in [-0.3, -0.25) is 9.78 Å². The first-order valence-corrected chi connectivity index (χ1v) is 6.50. The maximum absolute atomic E-state index is 12.1. The minimum absolute atomic E-state index is 0.276. The van der Waals surface area contributed by atoms with Gasteiger partial charge in [0.25, 0.3) is 5.91 Å². The van der Waals surface area contributed by atoms with Gasteiger partial charge in [0.05, 0.1) is 18.1 Å². The van der Waals surface area contributed by atoms with Crippen LogP contribution in [-0.2, 0) is 0 Å². The second-order valence-corrected chi connectivity index (χ2v) is 4.55. The Hall–Kier alpha value is -2.76. The largest absolute Gasteiger partial charge is 0.320 e. The Morgan fingerprint density at radius 2 is 2.05 bits per heavy atom. The van der Waals surface area contributed by atoms with Crippen LogP contribution >= 0.6 is 0 Å². The number of hydrogen-bond acceptors (Lipinski definition) is 5. The topological polar surface area (TPSA) is 79.3 Å². The summed E-state index contributed by atoms with van der Waals surface area (Å²) in [6.07, 6.45) is 4.75. The number of nitrogens with one attached hydrogen (secondary N) is 2. The van der Waals surface area contributed by atoms with Crippen molar-refractivity contribution in [1.82, 2.24) is 15.4 Å². The summed E-state index contributed by atoms with van der Waals surface area (Å²) in [5, 5.41) is 6.78. The number of carbonyl (C=O) groups is 1. The molecule has 0 radical (unpaired) electrons. The van der Waals surface area contributed by atoms with Gasteiger partial charge in [-0.2, -0.15) is 5.10 Å². The van der Waals surface area contributed by atoms with Crippen LogP contribution in [0.1, 0.15) is 27.3 Å². The number of aryl methyl sites for hydroxylation is 2. The molecule has 6 heteroatoms. The molecule has 0 aliphatic carbocycles. The quantitative estimate of drug-likeness (QED) is 0.663. The third-order valence-electron chi connectivity index (χ3n) is 2.85. The van der Waals surface area contributed by atoms with Gasteiger partial charge in [-0.1, -0.05) is 6.07 Å². The molecular weight excluding hydrogens is 266 g/mol. The molecule has 108 valence electrons. The van der Waals surface area contributed by atoms with Gasteiger partial charge >= 0.3 is 0 Å². The number of aromatic nitrogens is 2. The normalized spacial score (nSPS) is 10.6. The molecule has 0 spiro atoms. The van der Waals surface area contributed by atoms with E-state index in [1.165, 1.54) is 6.20 Å². The minimum atomic E-state index is -0.276. The molecule has 1 aromatic carbocycles. The van der Waals surface area contributed by atoms with Crippen LogP contribution in [0.2, 0.25) is 0 Å². The Labute approximate surface area is 123 Å². The van der Waals surface area contributed by atoms with Crippen molar-refractivity contribution < 1.29 is 4.79 Å². The molecule has 21 heavy (non-hydrogen) atoms. The lowest BCUT2D eigenvalue weighted by atomic mass is 10.1. The number of amides is 1. The predicted octanol–water partition coefficient (Wildman–Crippen LogP) is 1.90. The van der Waals surface area contributed by atoms with Gasteiger partial charge in [-0.25, -0.2) is 4.98 Å². The van der Waals surface area contributed by atoms with Crippen molar-refractivity contribution in [3.63, 3.8) is 0 Å². The molecule has 2 N–H and O–H groups in total. The second kappa shape index (κ2) is 6.60. The smallest absolute Gasteiger partial charge is 0.275 e. The molecule has 0 saturated heterocycles. The van der Waals surface area contributed by atoms with Crippen LogP contribution in [0.3, 0.4) is 0 Å². The van der Waals surface area contributed by atoms with E-state index in [1.807, 2.05) is 32.0 Å². The molecule has 0 bridgehead atoms. The van der Waals surface area contributed by atoms with Gasteiger partial charge in [0.1, 0.15) is 5.69 Å². The number of carbonyl (C=O) groups excluding carboxylic acids is 1. The van der Waals surface area contributed by atoms with Crippen LogP contribution in [0.25, 0.3) is 0 Å². The third-order valence-corrected chi connectivity index (χ3v) is 2.85. The first-order chi connectivity index (χ1) is 10.1. The molecule has 1 heterocycles. The van der Waals surface area contributed by atoms with E-state index in [0.29, 0.717) is 5.69 Å². The first kappa shape index (κ1) is 14.6. The van der Waals surface area contributed by atoms with Crippen molar-refractivity contribution >= 4 is 17.8 Å². The second-order valence-electron chi connectivity index (χ2n) is 4.55. The Kier molecular flexibility index (Phi) is 4.61. The number of hydrazone groups is 1. The van der Waals surface area contributed by atoms with Gasteiger partial charge in [-0.15, -0.1) is 0 Å². The fourth-order valence-electron chi connectivity index (χ4n) is 1.74. The number of nitrogens with zero attached hydrogens (tertiary/aromatic N) is 3. The van der Waals surface area contributed by atoms with Gasteiger partial charge in [0, 0.05) is 18.9 Å². The van der Waals surface area contributed by atoms with Gasteiger partial charge in [0.15, 0.2) is 0 Å². The lowest BCUT2D eigenvalue weighted by Gasteiger charge is -2.08. The van der Waals surface area contributed by atoms with E-state index >= 15 is 0 Å². The fraction of sp³-hybridized carbons (Fsp3) is 0.200. The van der Waals surface area contributed by atoms with Crippen molar-refractivity contribution in [1.29, 1.82) is 0 Å². The van der Waals surface area contributed by atoms with Crippen LogP contribution in [0.4, 0.5) is 5.69 Å². The summed E-state index contributed by atoms with van der Waals surface area (Å²) < 4.78 is 0. The van der Waals surface area contributed by atoms with Crippen LogP contribution in [-0.4, -0.2) is 29.1 Å². The molecule has 0 unspecified atom stereocenters. The standard InChI is InChI=1S/C15H17N5O/c1-10-6-12(8-19-16-3)4-5-13(10)20-15(21)14-9-17-11(2)7-18-14/h4-9,16H,1-3H3,(H,20,21). The van der Waals surface area contributed by atoms with Crippen molar-refractivity contribution in [3.8, 4) is 0 Å². The first-order valence-electron chi connectivity index (χ1n) is 6.50. The number of rotatable bonds is 4. The fourth-order valence-corrected chi connectivity index (χ4v) is 1.74. The maximum Gasteiger partial charge on any atom is 0.275 e. The summed E-state index contributed by atoms with van der Waals surface area (Å²) in [5.74, 6) is -0.276. The summed E-state index contributed by atoms with van der Waals surface area (Å²) in [6.45, 7) is 3.75. The summed E-state index contributed by atoms with van der Waals surface area (Å²) in [4.78, 5) is 20.2. The molecular formula is C15H17N5O. The zero-order valence-electron chi connectivity index (χ0n) is 12.2. The van der Waals surface area contributed by atoms with E-state index in [0.717, 1.165) is 22.5 Å². The highest BCUT2D eigenvalue weighted by molar-refractivity contribution is 6.03. The molecule has 0 saturated carbocycles. The average molecular weight is 283 g/mol. The molecule has 0 fully saturated rings. The predicted molar refractivity (Wildman–Crippen MR) is 82.6 cm³/mol. The van der Waals surface area contributed by atoms with Gasteiger partial charge in [0.2, 0.25) is 0 Å². The van der Waals surface area contributed by atoms with Crippen LogP contribution < -0.4 is 10.7 Å². The van der Waals surface area contributed by atoms with E-state index in [-0.39, 0.29) is 5.91 Å². The molecule has 1 amide bonds. The monoisotopic (exact) mass is 283 g/mol. The van der Waals surface area contributed by atoms with Crippen LogP contribution in [0, 0.1) is 13.8 Å². The highest BCUT2D eigenvalue weighted by Crippen LogP contribution is 2.16. The van der Waals surface area contributed by atoms with E-state index < -0.39 is 0 Å². The Bertz CT molecular complexity index is 664. The van der Waals surface area contributed by atoms with Crippen molar-refractivity contribution in [2.24, 2.45) is 5.10 Å². The summed E-state index contributed by atoms with van der Waals surface area (Å²) in [6, 6.07) is 5.66. The van der Waals surface area contributed by atoms with Crippen molar-refractivity contribution in [2.75, 3.05) is 12.4 Å². The molecule has 1 aromatic heterocycles. The van der Waals surface area contributed by atoms with Crippen molar-refractivity contribution in [2.45, 2.75) is 13.8 Å². The van der Waals surface area contributed by atoms with Gasteiger partial charge < -0.3 is 10.7 Å².